The number of hydrogen-bond donors (Lipinski definition) is 1. The Morgan fingerprint density at radius 1 is 1.00 bits per heavy atom. The number of nitrogens with one attached hydrogen (secondary N) is 1. The summed E-state index contributed by atoms with van der Waals surface area (Å²) in [6.45, 7) is 1.44. The molecule has 3 heteroatoms. The lowest BCUT2D eigenvalue weighted by molar-refractivity contribution is 0.286. The summed E-state index contributed by atoms with van der Waals surface area (Å²) in [6, 6.07) is 16.3. The van der Waals surface area contributed by atoms with E-state index in [4.69, 9.17) is 4.74 Å². The highest BCUT2D eigenvalue weighted by molar-refractivity contribution is 5.32. The molecule has 2 nitrogen and oxygen atoms in total. The SMILES string of the molecule is Fc1c(CNCC2(c3ccccc3)CCCC2)cccc1OC1CC1. The van der Waals surface area contributed by atoms with E-state index in [2.05, 4.69) is 35.6 Å². The van der Waals surface area contributed by atoms with Gasteiger partial charge in [-0.25, -0.2) is 4.39 Å². The van der Waals surface area contributed by atoms with Crippen molar-refractivity contribution in [1.29, 1.82) is 0 Å². The molecular formula is C22H26FNO. The van der Waals surface area contributed by atoms with Gasteiger partial charge in [0.1, 0.15) is 0 Å². The minimum atomic E-state index is -0.206. The lowest BCUT2D eigenvalue weighted by Crippen LogP contribution is -2.35. The largest absolute Gasteiger partial charge is 0.487 e. The van der Waals surface area contributed by atoms with Crippen LogP contribution in [0, 0.1) is 5.82 Å². The van der Waals surface area contributed by atoms with Crippen molar-refractivity contribution in [3.63, 3.8) is 0 Å². The first-order valence-corrected chi connectivity index (χ1v) is 9.47. The summed E-state index contributed by atoms with van der Waals surface area (Å²) in [5, 5.41) is 3.52. The fourth-order valence-corrected chi connectivity index (χ4v) is 4.00. The normalized spacial score (nSPS) is 19.1. The van der Waals surface area contributed by atoms with Gasteiger partial charge in [0, 0.05) is 24.1 Å². The molecule has 2 aliphatic rings. The standard InChI is InChI=1S/C22H26FNO/c23-21-17(7-6-10-20(21)25-19-11-12-19)15-24-16-22(13-4-5-14-22)18-8-2-1-3-9-18/h1-3,6-10,19,24H,4-5,11-16H2. The number of benzene rings is 2. The molecule has 0 aromatic heterocycles. The van der Waals surface area contributed by atoms with Gasteiger partial charge in [-0.1, -0.05) is 55.3 Å². The highest BCUT2D eigenvalue weighted by Crippen LogP contribution is 2.40. The van der Waals surface area contributed by atoms with Gasteiger partial charge >= 0.3 is 0 Å². The fourth-order valence-electron chi connectivity index (χ4n) is 4.00. The molecule has 0 aliphatic heterocycles. The molecule has 25 heavy (non-hydrogen) atoms. The molecule has 0 radical (unpaired) electrons. The Labute approximate surface area is 149 Å². The lowest BCUT2D eigenvalue weighted by Gasteiger charge is -2.30. The van der Waals surface area contributed by atoms with Crippen LogP contribution in [0.15, 0.2) is 48.5 Å². The Morgan fingerprint density at radius 2 is 1.76 bits per heavy atom. The van der Waals surface area contributed by atoms with Crippen LogP contribution in [0.25, 0.3) is 0 Å². The number of hydrogen-bond acceptors (Lipinski definition) is 2. The first-order chi connectivity index (χ1) is 12.3. The zero-order valence-corrected chi connectivity index (χ0v) is 14.6. The van der Waals surface area contributed by atoms with E-state index in [9.17, 15) is 4.39 Å². The molecule has 0 amide bonds. The molecule has 2 aromatic carbocycles. The Bertz CT molecular complexity index is 705. The molecule has 2 aliphatic carbocycles. The predicted molar refractivity (Wildman–Crippen MR) is 98.3 cm³/mol. The summed E-state index contributed by atoms with van der Waals surface area (Å²) in [5.74, 6) is 0.197. The van der Waals surface area contributed by atoms with Crippen LogP contribution in [-0.4, -0.2) is 12.6 Å². The first-order valence-electron chi connectivity index (χ1n) is 9.47. The minimum absolute atomic E-state index is 0.194. The highest BCUT2D eigenvalue weighted by Gasteiger charge is 2.35. The molecule has 1 N–H and O–H groups in total. The van der Waals surface area contributed by atoms with Gasteiger partial charge in [0.25, 0.3) is 0 Å². The van der Waals surface area contributed by atoms with E-state index >= 15 is 0 Å². The Kier molecular flexibility index (Phi) is 4.76. The van der Waals surface area contributed by atoms with Crippen molar-refractivity contribution in [3.05, 3.63) is 65.5 Å². The van der Waals surface area contributed by atoms with Crippen LogP contribution in [0.4, 0.5) is 4.39 Å². The Hall–Kier alpha value is -1.87. The van der Waals surface area contributed by atoms with E-state index in [1.54, 1.807) is 6.07 Å². The monoisotopic (exact) mass is 339 g/mol. The van der Waals surface area contributed by atoms with Gasteiger partial charge in [-0.05, 0) is 37.3 Å². The van der Waals surface area contributed by atoms with Crippen molar-refractivity contribution in [2.45, 2.75) is 56.6 Å². The van der Waals surface area contributed by atoms with Crippen LogP contribution in [0.5, 0.6) is 5.75 Å². The fraction of sp³-hybridized carbons (Fsp3) is 0.455. The smallest absolute Gasteiger partial charge is 0.169 e. The van der Waals surface area contributed by atoms with Crippen LogP contribution < -0.4 is 10.1 Å². The average Bonchev–Trinajstić information content (AvgIpc) is 3.33. The van der Waals surface area contributed by atoms with E-state index < -0.39 is 0 Å². The number of rotatable bonds is 7. The predicted octanol–water partition coefficient (Wildman–Crippen LogP) is 4.97. The maximum atomic E-state index is 14.6. The summed E-state index contributed by atoms with van der Waals surface area (Å²) >= 11 is 0. The second-order valence-corrected chi connectivity index (χ2v) is 7.50. The Morgan fingerprint density at radius 3 is 2.48 bits per heavy atom. The van der Waals surface area contributed by atoms with Crippen molar-refractivity contribution >= 4 is 0 Å². The molecule has 0 saturated heterocycles. The van der Waals surface area contributed by atoms with Gasteiger partial charge in [-0.2, -0.15) is 0 Å². The molecule has 0 bridgehead atoms. The zero-order valence-electron chi connectivity index (χ0n) is 14.6. The van der Waals surface area contributed by atoms with Crippen molar-refractivity contribution in [3.8, 4) is 5.75 Å². The van der Waals surface area contributed by atoms with Gasteiger partial charge in [-0.3, -0.25) is 0 Å². The van der Waals surface area contributed by atoms with Gasteiger partial charge in [0.2, 0.25) is 0 Å². The third kappa shape index (κ3) is 3.72. The minimum Gasteiger partial charge on any atom is -0.487 e. The quantitative estimate of drug-likeness (QED) is 0.769. The van der Waals surface area contributed by atoms with Crippen LogP contribution in [0.3, 0.4) is 0 Å². The van der Waals surface area contributed by atoms with Gasteiger partial charge in [0.05, 0.1) is 6.10 Å². The maximum absolute atomic E-state index is 14.6. The molecule has 2 saturated carbocycles. The van der Waals surface area contributed by atoms with Gasteiger partial charge < -0.3 is 10.1 Å². The number of ether oxygens (including phenoxy) is 1. The summed E-state index contributed by atoms with van der Waals surface area (Å²) < 4.78 is 20.3. The first kappa shape index (κ1) is 16.6. The molecular weight excluding hydrogens is 313 g/mol. The zero-order chi connectivity index (χ0) is 17.1. The molecule has 0 spiro atoms. The summed E-state index contributed by atoms with van der Waals surface area (Å²) in [5.41, 5.74) is 2.30. The van der Waals surface area contributed by atoms with Gasteiger partial charge in [-0.15, -0.1) is 0 Å². The molecule has 4 rings (SSSR count). The van der Waals surface area contributed by atoms with Crippen molar-refractivity contribution < 1.29 is 9.13 Å². The molecule has 2 fully saturated rings. The summed E-state index contributed by atoms with van der Waals surface area (Å²) in [7, 11) is 0. The van der Waals surface area contributed by atoms with E-state index in [-0.39, 0.29) is 17.3 Å². The topological polar surface area (TPSA) is 21.3 Å². The Balaban J connectivity index is 1.42. The van der Waals surface area contributed by atoms with E-state index in [0.29, 0.717) is 17.9 Å². The average molecular weight is 339 g/mol. The van der Waals surface area contributed by atoms with Crippen molar-refractivity contribution in [1.82, 2.24) is 5.32 Å². The van der Waals surface area contributed by atoms with Crippen molar-refractivity contribution in [2.24, 2.45) is 0 Å². The third-order valence-corrected chi connectivity index (χ3v) is 5.59. The second kappa shape index (κ2) is 7.17. The number of halogens is 1. The van der Waals surface area contributed by atoms with Crippen LogP contribution in [0.2, 0.25) is 0 Å². The van der Waals surface area contributed by atoms with Crippen LogP contribution in [0.1, 0.15) is 49.7 Å². The van der Waals surface area contributed by atoms with E-state index in [1.807, 2.05) is 12.1 Å². The van der Waals surface area contributed by atoms with E-state index in [1.165, 1.54) is 31.2 Å². The molecule has 2 aromatic rings. The lowest BCUT2D eigenvalue weighted by atomic mass is 9.79. The second-order valence-electron chi connectivity index (χ2n) is 7.50. The van der Waals surface area contributed by atoms with Crippen molar-refractivity contribution in [2.75, 3.05) is 6.54 Å². The molecule has 0 heterocycles. The summed E-state index contributed by atoms with van der Waals surface area (Å²) in [6.07, 6.45) is 7.26. The summed E-state index contributed by atoms with van der Waals surface area (Å²) in [4.78, 5) is 0. The molecule has 0 unspecified atom stereocenters. The molecule has 132 valence electrons. The maximum Gasteiger partial charge on any atom is 0.169 e. The van der Waals surface area contributed by atoms with Gasteiger partial charge in [0.15, 0.2) is 11.6 Å². The third-order valence-electron chi connectivity index (χ3n) is 5.59. The van der Waals surface area contributed by atoms with Crippen LogP contribution in [-0.2, 0) is 12.0 Å². The van der Waals surface area contributed by atoms with E-state index in [0.717, 1.165) is 19.4 Å². The highest BCUT2D eigenvalue weighted by atomic mass is 19.1. The van der Waals surface area contributed by atoms with Crippen LogP contribution >= 0.6 is 0 Å². The molecule has 0 atom stereocenters.